The van der Waals surface area contributed by atoms with Gasteiger partial charge in [0.1, 0.15) is 0 Å². The van der Waals surface area contributed by atoms with E-state index < -0.39 is 43.0 Å². The van der Waals surface area contributed by atoms with Crippen LogP contribution in [0.15, 0.2) is 30.3 Å². The van der Waals surface area contributed by atoms with Crippen LogP contribution in [-0.2, 0) is 16.5 Å². The molecular formula is C16H36O4Si5. The zero-order valence-corrected chi connectivity index (χ0v) is 22.8. The predicted molar refractivity (Wildman–Crippen MR) is 119 cm³/mol. The Morgan fingerprint density at radius 1 is 0.600 bits per heavy atom. The van der Waals surface area contributed by atoms with Crippen molar-refractivity contribution in [2.45, 2.75) is 65.5 Å². The molecule has 25 heavy (non-hydrogen) atoms. The Morgan fingerprint density at radius 3 is 1.28 bits per heavy atom. The highest BCUT2D eigenvalue weighted by atomic mass is 28.5. The lowest BCUT2D eigenvalue weighted by Crippen LogP contribution is -2.57. The fourth-order valence-corrected chi connectivity index (χ4v) is 22.2. The molecule has 1 aromatic carbocycles. The molecular weight excluding hydrogens is 397 g/mol. The molecule has 0 saturated heterocycles. The monoisotopic (exact) mass is 432 g/mol. The first-order valence-electron chi connectivity index (χ1n) is 8.90. The molecule has 0 N–H and O–H groups in total. The van der Waals surface area contributed by atoms with E-state index in [1.165, 1.54) is 0 Å². The molecule has 0 atom stereocenters. The largest absolute Gasteiger partial charge is 0.437 e. The number of hydrogen-bond donors (Lipinski definition) is 0. The van der Waals surface area contributed by atoms with E-state index in [2.05, 4.69) is 77.6 Å². The van der Waals surface area contributed by atoms with Crippen molar-refractivity contribution in [3.8, 4) is 0 Å². The second-order valence-corrected chi connectivity index (χ2v) is 28.1. The van der Waals surface area contributed by atoms with Crippen molar-refractivity contribution in [3.63, 3.8) is 0 Å². The van der Waals surface area contributed by atoms with Crippen molar-refractivity contribution in [1.29, 1.82) is 0 Å². The molecule has 0 heterocycles. The van der Waals surface area contributed by atoms with E-state index in [0.717, 1.165) is 5.19 Å². The van der Waals surface area contributed by atoms with E-state index >= 15 is 0 Å². The molecule has 0 aromatic heterocycles. The van der Waals surface area contributed by atoms with Gasteiger partial charge in [0.15, 0.2) is 16.6 Å². The van der Waals surface area contributed by atoms with E-state index in [1.54, 1.807) is 0 Å². The van der Waals surface area contributed by atoms with Crippen LogP contribution in [0, 0.1) is 0 Å². The third-order valence-electron chi connectivity index (χ3n) is 2.96. The standard InChI is InChI=1S/C16H36O4Si5/c1-22(2,3)19-24(7,8)17-21(16-14-12-11-13-15-16)18-25(9,10)20-23(4,5)6/h11-15,21H,1-10H3. The molecule has 0 aliphatic rings. The lowest BCUT2D eigenvalue weighted by Gasteiger charge is -2.38. The Labute approximate surface area is 160 Å². The molecule has 0 bridgehead atoms. The van der Waals surface area contributed by atoms with Crippen molar-refractivity contribution in [1.82, 2.24) is 0 Å². The highest BCUT2D eigenvalue weighted by molar-refractivity contribution is 6.88. The summed E-state index contributed by atoms with van der Waals surface area (Å²) in [6.07, 6.45) is 0. The van der Waals surface area contributed by atoms with Gasteiger partial charge in [-0.05, 0) is 70.7 Å². The minimum atomic E-state index is -2.27. The third-order valence-corrected chi connectivity index (χ3v) is 19.0. The Bertz CT molecular complexity index is 508. The van der Waals surface area contributed by atoms with Crippen LogP contribution in [0.5, 0.6) is 0 Å². The Hall–Kier alpha value is 0.144. The van der Waals surface area contributed by atoms with Crippen LogP contribution < -0.4 is 5.19 Å². The van der Waals surface area contributed by atoms with E-state index in [1.807, 2.05) is 18.2 Å². The van der Waals surface area contributed by atoms with Crippen LogP contribution in [0.2, 0.25) is 65.5 Å². The summed E-state index contributed by atoms with van der Waals surface area (Å²) in [5.41, 5.74) is 0. The Morgan fingerprint density at radius 2 is 0.960 bits per heavy atom. The molecule has 1 rings (SSSR count). The molecule has 0 radical (unpaired) electrons. The maximum Gasteiger partial charge on any atom is 0.338 e. The molecule has 1 aromatic rings. The molecule has 4 nitrogen and oxygen atoms in total. The fraction of sp³-hybridized carbons (Fsp3) is 0.625. The van der Waals surface area contributed by atoms with E-state index in [-0.39, 0.29) is 0 Å². The number of benzene rings is 1. The maximum atomic E-state index is 6.59. The van der Waals surface area contributed by atoms with Crippen LogP contribution >= 0.6 is 0 Å². The van der Waals surface area contributed by atoms with E-state index in [4.69, 9.17) is 16.5 Å². The second kappa shape index (κ2) is 8.44. The highest BCUT2D eigenvalue weighted by Gasteiger charge is 2.40. The van der Waals surface area contributed by atoms with Crippen LogP contribution in [-0.4, -0.2) is 43.0 Å². The van der Waals surface area contributed by atoms with Crippen LogP contribution in [0.4, 0.5) is 0 Å². The smallest absolute Gasteiger partial charge is 0.338 e. The molecule has 144 valence electrons. The average Bonchev–Trinajstić information content (AvgIpc) is 2.32. The molecule has 0 saturated carbocycles. The molecule has 0 fully saturated rings. The van der Waals surface area contributed by atoms with Crippen molar-refractivity contribution in [3.05, 3.63) is 30.3 Å². The molecule has 9 heteroatoms. The van der Waals surface area contributed by atoms with Gasteiger partial charge in [0.05, 0.1) is 0 Å². The molecule has 0 amide bonds. The van der Waals surface area contributed by atoms with Gasteiger partial charge in [0, 0.05) is 0 Å². The van der Waals surface area contributed by atoms with Gasteiger partial charge in [0.25, 0.3) is 0 Å². The first kappa shape index (κ1) is 23.2. The van der Waals surface area contributed by atoms with Gasteiger partial charge >= 0.3 is 26.4 Å². The fourth-order valence-electron chi connectivity index (χ4n) is 2.81. The quantitative estimate of drug-likeness (QED) is 0.546. The van der Waals surface area contributed by atoms with Gasteiger partial charge in [-0.1, -0.05) is 30.3 Å². The normalized spacial score (nSPS) is 14.2. The SMILES string of the molecule is C[Si](C)(C)O[Si](C)(C)O[SiH](O[Si](C)(C)O[Si](C)(C)C)c1ccccc1. The molecule has 0 aliphatic heterocycles. The Balaban J connectivity index is 3.02. The van der Waals surface area contributed by atoms with Gasteiger partial charge in [0.2, 0.25) is 0 Å². The van der Waals surface area contributed by atoms with Crippen molar-refractivity contribution >= 4 is 48.2 Å². The summed E-state index contributed by atoms with van der Waals surface area (Å²) < 4.78 is 25.9. The van der Waals surface area contributed by atoms with Crippen molar-refractivity contribution in [2.24, 2.45) is 0 Å². The first-order valence-corrected chi connectivity index (χ1v) is 22.9. The minimum absolute atomic E-state index is 1.15. The summed E-state index contributed by atoms with van der Waals surface area (Å²) in [6.45, 7) is 21.8. The van der Waals surface area contributed by atoms with Crippen molar-refractivity contribution in [2.75, 3.05) is 0 Å². The van der Waals surface area contributed by atoms with Gasteiger partial charge < -0.3 is 16.5 Å². The minimum Gasteiger partial charge on any atom is -0.437 e. The molecule has 0 aliphatic carbocycles. The lowest BCUT2D eigenvalue weighted by atomic mass is 10.4. The zero-order chi connectivity index (χ0) is 19.5. The van der Waals surface area contributed by atoms with Gasteiger partial charge in [-0.25, -0.2) is 0 Å². The van der Waals surface area contributed by atoms with E-state index in [9.17, 15) is 0 Å². The summed E-state index contributed by atoms with van der Waals surface area (Å²) in [5.74, 6) is 0. The summed E-state index contributed by atoms with van der Waals surface area (Å²) in [6, 6.07) is 10.3. The van der Waals surface area contributed by atoms with Crippen LogP contribution in [0.3, 0.4) is 0 Å². The zero-order valence-electron chi connectivity index (χ0n) is 17.6. The number of hydrogen-bond acceptors (Lipinski definition) is 4. The first-order chi connectivity index (χ1) is 11.1. The third kappa shape index (κ3) is 10.2. The summed E-state index contributed by atoms with van der Waals surface area (Å²) in [4.78, 5) is 0. The lowest BCUT2D eigenvalue weighted by molar-refractivity contribution is 0.324. The van der Waals surface area contributed by atoms with Crippen molar-refractivity contribution < 1.29 is 16.5 Å². The van der Waals surface area contributed by atoms with Gasteiger partial charge in [-0.3, -0.25) is 0 Å². The second-order valence-electron chi connectivity index (χ2n) is 9.21. The van der Waals surface area contributed by atoms with E-state index in [0.29, 0.717) is 0 Å². The highest BCUT2D eigenvalue weighted by Crippen LogP contribution is 2.20. The molecule has 0 spiro atoms. The van der Waals surface area contributed by atoms with Gasteiger partial charge in [-0.15, -0.1) is 0 Å². The topological polar surface area (TPSA) is 36.9 Å². The van der Waals surface area contributed by atoms with Crippen LogP contribution in [0.25, 0.3) is 0 Å². The summed E-state index contributed by atoms with van der Waals surface area (Å²) in [5, 5.41) is 1.15. The summed E-state index contributed by atoms with van der Waals surface area (Å²) >= 11 is 0. The number of rotatable bonds is 9. The predicted octanol–water partition coefficient (Wildman–Crippen LogP) is 4.25. The molecule has 0 unspecified atom stereocenters. The summed E-state index contributed by atoms with van der Waals surface area (Å²) in [7, 11) is -9.97. The Kier molecular flexibility index (Phi) is 7.83. The van der Waals surface area contributed by atoms with Gasteiger partial charge in [-0.2, -0.15) is 0 Å². The maximum absolute atomic E-state index is 6.59. The van der Waals surface area contributed by atoms with Crippen LogP contribution in [0.1, 0.15) is 0 Å². The average molecular weight is 433 g/mol.